The van der Waals surface area contributed by atoms with E-state index in [-0.39, 0.29) is 6.04 Å². The quantitative estimate of drug-likeness (QED) is 0.613. The number of rotatable bonds is 8. The maximum absolute atomic E-state index is 12.6. The second-order valence-electron chi connectivity index (χ2n) is 6.34. The molecule has 0 aliphatic carbocycles. The maximum atomic E-state index is 12.6. The summed E-state index contributed by atoms with van der Waals surface area (Å²) in [6.07, 6.45) is 0. The number of sulfonamides is 1. The van der Waals surface area contributed by atoms with Crippen molar-refractivity contribution in [1.82, 2.24) is 14.6 Å². The number of hydrogen-bond donors (Lipinski definition) is 1. The highest BCUT2D eigenvalue weighted by molar-refractivity contribution is 7.89. The monoisotopic (exact) mass is 403 g/mol. The summed E-state index contributed by atoms with van der Waals surface area (Å²) in [6, 6.07) is 15.4. The van der Waals surface area contributed by atoms with Crippen molar-refractivity contribution in [2.24, 2.45) is 0 Å². The molecule has 0 saturated carbocycles. The lowest BCUT2D eigenvalue weighted by molar-refractivity contribution is 0.445. The number of nitrogens with zero attached hydrogens (tertiary/aromatic N) is 2. The van der Waals surface area contributed by atoms with E-state index >= 15 is 0 Å². The van der Waals surface area contributed by atoms with Crippen LogP contribution in [-0.2, 0) is 16.6 Å². The molecule has 5 nitrogen and oxygen atoms in total. The first kappa shape index (κ1) is 19.9. The number of hydrogen-bond acceptors (Lipinski definition) is 5. The van der Waals surface area contributed by atoms with E-state index in [0.29, 0.717) is 24.5 Å². The molecule has 0 radical (unpaired) electrons. The molecule has 0 unspecified atom stereocenters. The molecule has 0 fully saturated rings. The van der Waals surface area contributed by atoms with Crippen LogP contribution in [0.3, 0.4) is 0 Å². The minimum absolute atomic E-state index is 0.0993. The maximum Gasteiger partial charge on any atom is 0.243 e. The first-order valence-corrected chi connectivity index (χ1v) is 11.4. The van der Waals surface area contributed by atoms with Crippen molar-refractivity contribution in [3.8, 4) is 0 Å². The minimum Gasteiger partial charge on any atom is -0.304 e. The number of thiazole rings is 1. The van der Waals surface area contributed by atoms with Crippen molar-refractivity contribution in [2.75, 3.05) is 13.1 Å². The summed E-state index contributed by atoms with van der Waals surface area (Å²) in [5.74, 6) is 0. The summed E-state index contributed by atoms with van der Waals surface area (Å²) in [4.78, 5) is 4.98. The molecule has 3 rings (SSSR count). The van der Waals surface area contributed by atoms with Crippen LogP contribution in [0.4, 0.5) is 0 Å². The molecule has 144 valence electrons. The van der Waals surface area contributed by atoms with Gasteiger partial charge in [0.15, 0.2) is 0 Å². The molecule has 0 bridgehead atoms. The summed E-state index contributed by atoms with van der Waals surface area (Å²) in [6.45, 7) is 7.40. The van der Waals surface area contributed by atoms with Crippen molar-refractivity contribution < 1.29 is 8.42 Å². The molecule has 1 atom stereocenters. The molecule has 1 aromatic heterocycles. The van der Waals surface area contributed by atoms with E-state index in [9.17, 15) is 8.42 Å². The van der Waals surface area contributed by atoms with Gasteiger partial charge in [-0.1, -0.05) is 38.1 Å². The molecule has 1 N–H and O–H groups in total. The van der Waals surface area contributed by atoms with E-state index in [2.05, 4.69) is 23.3 Å². The first-order chi connectivity index (χ1) is 13.0. The van der Waals surface area contributed by atoms with Gasteiger partial charge in [0.25, 0.3) is 0 Å². The fourth-order valence-electron chi connectivity index (χ4n) is 2.99. The van der Waals surface area contributed by atoms with Gasteiger partial charge in [0.1, 0.15) is 5.01 Å². The Morgan fingerprint density at radius 1 is 1.07 bits per heavy atom. The van der Waals surface area contributed by atoms with Crippen molar-refractivity contribution in [3.63, 3.8) is 0 Å². The standard InChI is InChI=1S/C20H25N3O2S2/c1-4-23(5-2)27(24,25)17-12-10-16(11-13-17)15(3)21-14-20-22-18-8-6-7-9-19(18)26-20/h6-13,15,21H,4-5,14H2,1-3H3/t15-/m1/s1. The average molecular weight is 404 g/mol. The number of benzene rings is 2. The molecule has 0 amide bonds. The van der Waals surface area contributed by atoms with E-state index < -0.39 is 10.0 Å². The van der Waals surface area contributed by atoms with Gasteiger partial charge in [-0.15, -0.1) is 11.3 Å². The molecular weight excluding hydrogens is 378 g/mol. The van der Waals surface area contributed by atoms with Gasteiger partial charge < -0.3 is 5.32 Å². The molecule has 0 saturated heterocycles. The number of nitrogens with one attached hydrogen (secondary N) is 1. The number of para-hydroxylation sites is 1. The largest absolute Gasteiger partial charge is 0.304 e. The van der Waals surface area contributed by atoms with Crippen LogP contribution in [0, 0.1) is 0 Å². The highest BCUT2D eigenvalue weighted by Crippen LogP contribution is 2.23. The lowest BCUT2D eigenvalue weighted by Crippen LogP contribution is -2.30. The molecule has 0 aliphatic rings. The summed E-state index contributed by atoms with van der Waals surface area (Å²) >= 11 is 1.69. The third-order valence-electron chi connectivity index (χ3n) is 4.62. The molecule has 0 aliphatic heterocycles. The molecule has 1 heterocycles. The van der Waals surface area contributed by atoms with Gasteiger partial charge >= 0.3 is 0 Å². The zero-order valence-electron chi connectivity index (χ0n) is 15.8. The molecule has 0 spiro atoms. The summed E-state index contributed by atoms with van der Waals surface area (Å²) in [5, 5.41) is 4.51. The lowest BCUT2D eigenvalue weighted by atomic mass is 10.1. The molecule has 3 aromatic rings. The van der Waals surface area contributed by atoms with Gasteiger partial charge in [-0.3, -0.25) is 0 Å². The molecule has 7 heteroatoms. The van der Waals surface area contributed by atoms with Gasteiger partial charge in [-0.2, -0.15) is 4.31 Å². The highest BCUT2D eigenvalue weighted by Gasteiger charge is 2.21. The Balaban J connectivity index is 1.67. The zero-order valence-corrected chi connectivity index (χ0v) is 17.5. The van der Waals surface area contributed by atoms with Gasteiger partial charge in [0.05, 0.1) is 15.1 Å². The third-order valence-corrected chi connectivity index (χ3v) is 7.72. The van der Waals surface area contributed by atoms with E-state index in [1.165, 1.54) is 9.01 Å². The van der Waals surface area contributed by atoms with Crippen LogP contribution in [0.1, 0.15) is 37.4 Å². The van der Waals surface area contributed by atoms with Crippen LogP contribution < -0.4 is 5.32 Å². The number of fused-ring (bicyclic) bond motifs is 1. The van der Waals surface area contributed by atoms with Crippen LogP contribution in [0.5, 0.6) is 0 Å². The van der Waals surface area contributed by atoms with E-state index in [4.69, 9.17) is 0 Å². The second kappa shape index (κ2) is 8.48. The minimum atomic E-state index is -3.41. The predicted molar refractivity (Wildman–Crippen MR) is 111 cm³/mol. The van der Waals surface area contributed by atoms with Crippen molar-refractivity contribution in [1.29, 1.82) is 0 Å². The van der Waals surface area contributed by atoms with Crippen LogP contribution in [0.25, 0.3) is 10.2 Å². The smallest absolute Gasteiger partial charge is 0.243 e. The van der Waals surface area contributed by atoms with E-state index in [1.807, 2.05) is 44.2 Å². The van der Waals surface area contributed by atoms with E-state index in [1.54, 1.807) is 23.5 Å². The number of aromatic nitrogens is 1. The molecular formula is C20H25N3O2S2. The van der Waals surface area contributed by atoms with Crippen molar-refractivity contribution >= 4 is 31.6 Å². The predicted octanol–water partition coefficient (Wildman–Crippen LogP) is 4.18. The highest BCUT2D eigenvalue weighted by atomic mass is 32.2. The van der Waals surface area contributed by atoms with Crippen LogP contribution in [0.2, 0.25) is 0 Å². The van der Waals surface area contributed by atoms with E-state index in [0.717, 1.165) is 16.1 Å². The Morgan fingerprint density at radius 3 is 2.37 bits per heavy atom. The third kappa shape index (κ3) is 4.38. The summed E-state index contributed by atoms with van der Waals surface area (Å²) < 4.78 is 27.8. The second-order valence-corrected chi connectivity index (χ2v) is 9.39. The summed E-state index contributed by atoms with van der Waals surface area (Å²) in [5.41, 5.74) is 2.08. The van der Waals surface area contributed by atoms with Crippen LogP contribution >= 0.6 is 11.3 Å². The lowest BCUT2D eigenvalue weighted by Gasteiger charge is -2.19. The zero-order chi connectivity index (χ0) is 19.4. The molecule has 27 heavy (non-hydrogen) atoms. The summed E-state index contributed by atoms with van der Waals surface area (Å²) in [7, 11) is -3.41. The van der Waals surface area contributed by atoms with Gasteiger partial charge in [0.2, 0.25) is 10.0 Å². The fourth-order valence-corrected chi connectivity index (χ4v) is 5.37. The Morgan fingerprint density at radius 2 is 1.74 bits per heavy atom. The SMILES string of the molecule is CCN(CC)S(=O)(=O)c1ccc([C@@H](C)NCc2nc3ccccc3s2)cc1. The average Bonchev–Trinajstić information content (AvgIpc) is 3.10. The van der Waals surface area contributed by atoms with Gasteiger partial charge in [-0.25, -0.2) is 13.4 Å². The molecule has 2 aromatic carbocycles. The van der Waals surface area contributed by atoms with Crippen molar-refractivity contribution in [3.05, 3.63) is 59.1 Å². The Hall–Kier alpha value is -1.80. The van der Waals surface area contributed by atoms with Crippen LogP contribution in [-0.4, -0.2) is 30.8 Å². The van der Waals surface area contributed by atoms with Gasteiger partial charge in [0, 0.05) is 25.7 Å². The van der Waals surface area contributed by atoms with Crippen LogP contribution in [0.15, 0.2) is 53.4 Å². The Labute approximate surface area is 165 Å². The fraction of sp³-hybridized carbons (Fsp3) is 0.350. The Kier molecular flexibility index (Phi) is 6.26. The normalized spacial score (nSPS) is 13.3. The topological polar surface area (TPSA) is 62.3 Å². The van der Waals surface area contributed by atoms with Crippen molar-refractivity contribution in [2.45, 2.75) is 38.3 Å². The Bertz CT molecular complexity index is 960. The first-order valence-electron chi connectivity index (χ1n) is 9.13. The van der Waals surface area contributed by atoms with Gasteiger partial charge in [-0.05, 0) is 36.8 Å².